The van der Waals surface area contributed by atoms with Crippen LogP contribution in [0.4, 0.5) is 0 Å². The molecule has 2 aliphatic rings. The zero-order chi connectivity index (χ0) is 20.1. The van der Waals surface area contributed by atoms with E-state index in [1.807, 2.05) is 54.9 Å². The van der Waals surface area contributed by atoms with Crippen molar-refractivity contribution in [2.45, 2.75) is 38.5 Å². The second-order valence-electron chi connectivity index (χ2n) is 7.50. The Morgan fingerprint density at radius 1 is 1.00 bits per heavy atom. The number of benzene rings is 2. The predicted molar refractivity (Wildman–Crippen MR) is 114 cm³/mol. The number of aliphatic hydroxyl groups excluding tert-OH is 1. The van der Waals surface area contributed by atoms with Crippen LogP contribution in [-0.4, -0.2) is 20.4 Å². The number of allylic oxidation sites excluding steroid dienone is 2. The maximum atomic E-state index is 11.4. The minimum Gasteiger partial charge on any atom is -0.512 e. The van der Waals surface area contributed by atoms with Gasteiger partial charge in [-0.25, -0.2) is 0 Å². The van der Waals surface area contributed by atoms with E-state index in [1.54, 1.807) is 0 Å². The van der Waals surface area contributed by atoms with Crippen molar-refractivity contribution in [3.8, 4) is 17.1 Å². The molecule has 0 amide bonds. The number of aliphatic hydroxyl groups is 1. The summed E-state index contributed by atoms with van der Waals surface area (Å²) in [6.07, 6.45) is 9.41. The van der Waals surface area contributed by atoms with Gasteiger partial charge in [-0.3, -0.25) is 9.78 Å². The molecule has 1 fully saturated rings. The zero-order valence-electron chi connectivity index (χ0n) is 16.8. The van der Waals surface area contributed by atoms with Crippen LogP contribution in [0.25, 0.3) is 17.1 Å². The minimum atomic E-state index is 0. The summed E-state index contributed by atoms with van der Waals surface area (Å²) in [6.45, 7) is 0. The van der Waals surface area contributed by atoms with Crippen LogP contribution in [0.5, 0.6) is 0 Å². The Morgan fingerprint density at radius 3 is 2.43 bits per heavy atom. The number of carbonyl (C=O) groups is 1. The summed E-state index contributed by atoms with van der Waals surface area (Å²) in [6, 6.07) is 21.2. The molecule has 1 aromatic heterocycles. The molecule has 1 saturated carbocycles. The van der Waals surface area contributed by atoms with E-state index < -0.39 is 0 Å². The second-order valence-corrected chi connectivity index (χ2v) is 7.50. The van der Waals surface area contributed by atoms with Gasteiger partial charge in [-0.15, -0.1) is 35.9 Å². The number of hydrogen-bond acceptors (Lipinski definition) is 3. The molecule has 0 aliphatic heterocycles. The Kier molecular flexibility index (Phi) is 7.78. The van der Waals surface area contributed by atoms with E-state index in [4.69, 9.17) is 0 Å². The third-order valence-corrected chi connectivity index (χ3v) is 5.57. The van der Waals surface area contributed by atoms with Crippen LogP contribution < -0.4 is 0 Å². The summed E-state index contributed by atoms with van der Waals surface area (Å²) in [5, 5.41) is 9.53. The van der Waals surface area contributed by atoms with Gasteiger partial charge in [-0.2, -0.15) is 0 Å². The van der Waals surface area contributed by atoms with Crippen LogP contribution >= 0.6 is 0 Å². The van der Waals surface area contributed by atoms with Gasteiger partial charge in [0.15, 0.2) is 5.78 Å². The number of Topliss-reactive ketones (excluding diaryl/α,β-unsaturated/α-hetero) is 1. The number of aromatic nitrogens is 2. The molecule has 157 valence electrons. The fraction of sp³-hybridized carbons (Fsp3) is 0.280. The maximum Gasteiger partial charge on any atom is 0.162 e. The van der Waals surface area contributed by atoms with Crippen molar-refractivity contribution in [3.05, 3.63) is 84.4 Å². The van der Waals surface area contributed by atoms with Crippen LogP contribution in [0.2, 0.25) is 0 Å². The Bertz CT molecular complexity index is 942. The van der Waals surface area contributed by atoms with E-state index >= 15 is 0 Å². The summed E-state index contributed by atoms with van der Waals surface area (Å²) in [5.41, 5.74) is 2.88. The molecule has 3 aromatic rings. The Morgan fingerprint density at radius 2 is 1.73 bits per heavy atom. The van der Waals surface area contributed by atoms with Gasteiger partial charge in [0.2, 0.25) is 0 Å². The molecule has 1 heterocycles. The van der Waals surface area contributed by atoms with Crippen molar-refractivity contribution in [2.75, 3.05) is 0 Å². The van der Waals surface area contributed by atoms with Gasteiger partial charge < -0.3 is 9.67 Å². The van der Waals surface area contributed by atoms with E-state index in [2.05, 4.69) is 27.8 Å². The van der Waals surface area contributed by atoms with E-state index in [-0.39, 0.29) is 25.9 Å². The molecule has 5 rings (SSSR count). The molecular weight excluding hydrogens is 553 g/mol. The SMILES string of the molecule is O=C1CCCC2CCCC(O)=C12.[Ir].[c-]1ccccc1-c1nccn1-c1ccccc1. The summed E-state index contributed by atoms with van der Waals surface area (Å²) < 4.78 is 2.06. The maximum absolute atomic E-state index is 11.4. The molecule has 2 aliphatic carbocycles. The van der Waals surface area contributed by atoms with Crippen molar-refractivity contribution in [1.82, 2.24) is 9.55 Å². The number of imidazole rings is 1. The molecule has 0 bridgehead atoms. The number of fused-ring (bicyclic) bond motifs is 1. The molecule has 0 spiro atoms. The quantitative estimate of drug-likeness (QED) is 0.399. The van der Waals surface area contributed by atoms with Crippen molar-refractivity contribution in [1.29, 1.82) is 0 Å². The van der Waals surface area contributed by atoms with Crippen molar-refractivity contribution in [3.63, 3.8) is 0 Å². The van der Waals surface area contributed by atoms with Gasteiger partial charge in [-0.05, 0) is 43.7 Å². The molecule has 1 atom stereocenters. The zero-order valence-corrected chi connectivity index (χ0v) is 19.1. The van der Waals surface area contributed by atoms with Crippen molar-refractivity contribution < 1.29 is 30.0 Å². The number of carbonyl (C=O) groups excluding carboxylic acids is 1. The first kappa shape index (κ1) is 22.2. The van der Waals surface area contributed by atoms with Gasteiger partial charge >= 0.3 is 0 Å². The van der Waals surface area contributed by atoms with Crippen LogP contribution in [0.3, 0.4) is 0 Å². The van der Waals surface area contributed by atoms with Gasteiger partial charge in [0.25, 0.3) is 0 Å². The van der Waals surface area contributed by atoms with E-state index in [0.29, 0.717) is 18.1 Å². The second kappa shape index (κ2) is 10.5. The molecular formula is C25H25IrN2O2-. The molecule has 1 unspecified atom stereocenters. The Hall–Kier alpha value is -2.49. The standard InChI is InChI=1S/C15H11N2.C10H14O2.Ir/c1-3-7-13(8-4-1)15-16-11-12-17(15)14-9-5-2-6-10-14;11-8-5-1-3-7-4-2-6-9(12)10(7)8;/h1-7,9-12H;7,11H,1-6H2;/q-1;;. The number of para-hydroxylation sites is 1. The van der Waals surface area contributed by atoms with E-state index in [1.165, 1.54) is 0 Å². The van der Waals surface area contributed by atoms with Crippen molar-refractivity contribution >= 4 is 5.78 Å². The molecule has 1 N–H and O–H groups in total. The molecule has 0 saturated heterocycles. The third kappa shape index (κ3) is 4.97. The average molecular weight is 578 g/mol. The topological polar surface area (TPSA) is 55.1 Å². The molecule has 1 radical (unpaired) electrons. The van der Waals surface area contributed by atoms with Crippen molar-refractivity contribution in [2.24, 2.45) is 5.92 Å². The average Bonchev–Trinajstić information content (AvgIpc) is 3.26. The summed E-state index contributed by atoms with van der Waals surface area (Å²) in [7, 11) is 0. The predicted octanol–water partition coefficient (Wildman–Crippen LogP) is 5.69. The van der Waals surface area contributed by atoms with Crippen LogP contribution in [0.1, 0.15) is 38.5 Å². The first-order chi connectivity index (χ1) is 14.2. The fourth-order valence-corrected chi connectivity index (χ4v) is 4.18. The third-order valence-electron chi connectivity index (χ3n) is 5.57. The van der Waals surface area contributed by atoms with Gasteiger partial charge in [-0.1, -0.05) is 18.2 Å². The Balaban J connectivity index is 0.000000175. The molecule has 2 aromatic carbocycles. The van der Waals surface area contributed by atoms with Crippen LogP contribution in [-0.2, 0) is 24.9 Å². The minimum absolute atomic E-state index is 0. The summed E-state index contributed by atoms with van der Waals surface area (Å²) in [5.74, 6) is 1.89. The normalized spacial score (nSPS) is 18.0. The van der Waals surface area contributed by atoms with E-state index in [0.717, 1.165) is 54.8 Å². The Labute approximate surface area is 191 Å². The molecule has 5 heteroatoms. The summed E-state index contributed by atoms with van der Waals surface area (Å²) in [4.78, 5) is 15.8. The van der Waals surface area contributed by atoms with Crippen LogP contribution in [0, 0.1) is 12.0 Å². The number of nitrogens with zero attached hydrogens (tertiary/aromatic N) is 2. The number of rotatable bonds is 2. The molecule has 4 nitrogen and oxygen atoms in total. The van der Waals surface area contributed by atoms with Gasteiger partial charge in [0, 0.05) is 56.6 Å². The van der Waals surface area contributed by atoms with Gasteiger partial charge in [0.05, 0.1) is 11.6 Å². The monoisotopic (exact) mass is 578 g/mol. The summed E-state index contributed by atoms with van der Waals surface area (Å²) >= 11 is 0. The smallest absolute Gasteiger partial charge is 0.162 e. The van der Waals surface area contributed by atoms with Crippen LogP contribution in [0.15, 0.2) is 78.3 Å². The number of ketones is 1. The largest absolute Gasteiger partial charge is 0.512 e. The first-order valence-electron chi connectivity index (χ1n) is 10.2. The van der Waals surface area contributed by atoms with Gasteiger partial charge in [0.1, 0.15) is 0 Å². The first-order valence-corrected chi connectivity index (χ1v) is 10.2. The molecule has 30 heavy (non-hydrogen) atoms. The number of hydrogen-bond donors (Lipinski definition) is 1. The van der Waals surface area contributed by atoms with E-state index in [9.17, 15) is 9.90 Å². The fourth-order valence-electron chi connectivity index (χ4n) is 4.18.